The van der Waals surface area contributed by atoms with E-state index in [4.69, 9.17) is 10.2 Å². The van der Waals surface area contributed by atoms with Crippen LogP contribution in [0, 0.1) is 12.8 Å². The number of hydrogen-bond donors (Lipinski definition) is 2. The minimum Gasteiger partial charge on any atom is -0.441 e. The molecule has 23 heavy (non-hydrogen) atoms. The predicted octanol–water partition coefficient (Wildman–Crippen LogP) is 3.83. The van der Waals surface area contributed by atoms with Crippen LogP contribution in [-0.2, 0) is 4.79 Å². The fraction of sp³-hybridized carbons (Fsp3) is 0.500. The van der Waals surface area contributed by atoms with E-state index in [0.717, 1.165) is 42.5 Å². The lowest BCUT2D eigenvalue weighted by Crippen LogP contribution is -2.51. The maximum absolute atomic E-state index is 12.5. The SMILES string of the molecule is Cc1nc2cc(NC(=O)C3CCCCC3(C)N)ccc2o1.Cl.Cl. The van der Waals surface area contributed by atoms with Gasteiger partial charge in [0.1, 0.15) is 5.52 Å². The van der Waals surface area contributed by atoms with Crippen LogP contribution in [0.15, 0.2) is 22.6 Å². The Hall–Kier alpha value is -1.30. The van der Waals surface area contributed by atoms with Gasteiger partial charge in [-0.2, -0.15) is 0 Å². The molecular formula is C16H23Cl2N3O2. The molecule has 3 N–H and O–H groups in total. The molecule has 5 nitrogen and oxygen atoms in total. The highest BCUT2D eigenvalue weighted by Gasteiger charge is 2.37. The van der Waals surface area contributed by atoms with Crippen LogP contribution in [0.1, 0.15) is 38.5 Å². The smallest absolute Gasteiger partial charge is 0.229 e. The van der Waals surface area contributed by atoms with E-state index < -0.39 is 5.54 Å². The van der Waals surface area contributed by atoms with Gasteiger partial charge in [0.05, 0.1) is 5.92 Å². The third kappa shape index (κ3) is 4.16. The highest BCUT2D eigenvalue weighted by Crippen LogP contribution is 2.32. The van der Waals surface area contributed by atoms with Crippen molar-refractivity contribution in [1.29, 1.82) is 0 Å². The molecule has 1 aliphatic rings. The predicted molar refractivity (Wildman–Crippen MR) is 96.4 cm³/mol. The number of carbonyl (C=O) groups excluding carboxylic acids is 1. The van der Waals surface area contributed by atoms with Gasteiger partial charge >= 0.3 is 0 Å². The first-order chi connectivity index (χ1) is 9.95. The van der Waals surface area contributed by atoms with Crippen molar-refractivity contribution in [3.05, 3.63) is 24.1 Å². The van der Waals surface area contributed by atoms with Crippen molar-refractivity contribution in [2.24, 2.45) is 11.7 Å². The second kappa shape index (κ2) is 7.51. The number of oxazole rings is 1. The molecule has 0 saturated heterocycles. The van der Waals surface area contributed by atoms with Crippen LogP contribution in [0.3, 0.4) is 0 Å². The Balaban J connectivity index is 0.00000132. The van der Waals surface area contributed by atoms with Crippen LogP contribution in [0.2, 0.25) is 0 Å². The molecular weight excluding hydrogens is 337 g/mol. The largest absolute Gasteiger partial charge is 0.441 e. The normalized spacial score (nSPS) is 23.7. The summed E-state index contributed by atoms with van der Waals surface area (Å²) >= 11 is 0. The molecule has 2 aromatic rings. The monoisotopic (exact) mass is 359 g/mol. The van der Waals surface area contributed by atoms with E-state index in [9.17, 15) is 4.79 Å². The summed E-state index contributed by atoms with van der Waals surface area (Å²) in [5, 5.41) is 2.97. The van der Waals surface area contributed by atoms with Gasteiger partial charge in [-0.25, -0.2) is 4.98 Å². The second-order valence-corrected chi connectivity index (χ2v) is 6.21. The van der Waals surface area contributed by atoms with Crippen molar-refractivity contribution in [3.63, 3.8) is 0 Å². The maximum atomic E-state index is 12.5. The topological polar surface area (TPSA) is 81.2 Å². The third-order valence-corrected chi connectivity index (χ3v) is 4.33. The van der Waals surface area contributed by atoms with E-state index in [2.05, 4.69) is 10.3 Å². The summed E-state index contributed by atoms with van der Waals surface area (Å²) in [5.41, 5.74) is 8.08. The van der Waals surface area contributed by atoms with Gasteiger partial charge < -0.3 is 15.5 Å². The van der Waals surface area contributed by atoms with Crippen LogP contribution >= 0.6 is 24.8 Å². The van der Waals surface area contributed by atoms with E-state index >= 15 is 0 Å². The number of anilines is 1. The summed E-state index contributed by atoms with van der Waals surface area (Å²) in [7, 11) is 0. The van der Waals surface area contributed by atoms with Gasteiger partial charge in [0.25, 0.3) is 0 Å². The van der Waals surface area contributed by atoms with Crippen molar-refractivity contribution in [1.82, 2.24) is 4.98 Å². The zero-order valence-electron chi connectivity index (χ0n) is 13.3. The molecule has 0 bridgehead atoms. The van der Waals surface area contributed by atoms with Crippen molar-refractivity contribution in [2.75, 3.05) is 5.32 Å². The van der Waals surface area contributed by atoms with E-state index in [1.54, 1.807) is 6.92 Å². The van der Waals surface area contributed by atoms with Gasteiger partial charge in [-0.15, -0.1) is 24.8 Å². The Morgan fingerprint density at radius 1 is 1.39 bits per heavy atom. The molecule has 1 aromatic heterocycles. The summed E-state index contributed by atoms with van der Waals surface area (Å²) in [4.78, 5) is 16.8. The molecule has 128 valence electrons. The number of nitrogens with one attached hydrogen (secondary N) is 1. The van der Waals surface area contributed by atoms with Gasteiger partial charge in [0.2, 0.25) is 5.91 Å². The van der Waals surface area contributed by atoms with Gasteiger partial charge in [0.15, 0.2) is 11.5 Å². The number of aromatic nitrogens is 1. The third-order valence-electron chi connectivity index (χ3n) is 4.33. The van der Waals surface area contributed by atoms with Gasteiger partial charge in [-0.1, -0.05) is 12.8 Å². The Kier molecular flexibility index (Phi) is 6.45. The zero-order chi connectivity index (χ0) is 15.0. The molecule has 1 fully saturated rings. The summed E-state index contributed by atoms with van der Waals surface area (Å²) in [6.45, 7) is 3.78. The quantitative estimate of drug-likeness (QED) is 0.853. The lowest BCUT2D eigenvalue weighted by Gasteiger charge is -2.37. The fourth-order valence-electron chi connectivity index (χ4n) is 3.14. The molecule has 2 unspecified atom stereocenters. The lowest BCUT2D eigenvalue weighted by molar-refractivity contribution is -0.122. The molecule has 0 aliphatic heterocycles. The molecule has 7 heteroatoms. The van der Waals surface area contributed by atoms with Crippen LogP contribution in [0.25, 0.3) is 11.1 Å². The number of amides is 1. The first kappa shape index (κ1) is 19.7. The Morgan fingerprint density at radius 2 is 2.13 bits per heavy atom. The number of carbonyl (C=O) groups is 1. The fourth-order valence-corrected chi connectivity index (χ4v) is 3.14. The Morgan fingerprint density at radius 3 is 2.83 bits per heavy atom. The van der Waals surface area contributed by atoms with Crippen LogP contribution in [-0.4, -0.2) is 16.4 Å². The van der Waals surface area contributed by atoms with Crippen LogP contribution < -0.4 is 11.1 Å². The van der Waals surface area contributed by atoms with Gasteiger partial charge in [0, 0.05) is 18.2 Å². The minimum atomic E-state index is -0.420. The maximum Gasteiger partial charge on any atom is 0.229 e. The molecule has 1 heterocycles. The van der Waals surface area contributed by atoms with Crippen LogP contribution in [0.4, 0.5) is 5.69 Å². The van der Waals surface area contributed by atoms with E-state index in [1.165, 1.54) is 0 Å². The molecule has 3 rings (SSSR count). The molecule has 0 spiro atoms. The molecule has 1 aromatic carbocycles. The molecule has 0 radical (unpaired) electrons. The second-order valence-electron chi connectivity index (χ2n) is 6.21. The zero-order valence-corrected chi connectivity index (χ0v) is 14.9. The number of nitrogens with two attached hydrogens (primary N) is 1. The van der Waals surface area contributed by atoms with Crippen molar-refractivity contribution in [2.45, 2.75) is 45.1 Å². The van der Waals surface area contributed by atoms with Crippen LogP contribution in [0.5, 0.6) is 0 Å². The van der Waals surface area contributed by atoms with E-state index in [1.807, 2.05) is 25.1 Å². The van der Waals surface area contributed by atoms with Crippen molar-refractivity contribution >= 4 is 47.5 Å². The summed E-state index contributed by atoms with van der Waals surface area (Å²) in [6.07, 6.45) is 3.91. The average Bonchev–Trinajstić information content (AvgIpc) is 2.77. The first-order valence-electron chi connectivity index (χ1n) is 7.43. The number of aryl methyl sites for hydroxylation is 1. The molecule has 1 saturated carbocycles. The van der Waals surface area contributed by atoms with Gasteiger partial charge in [-0.05, 0) is 38.0 Å². The van der Waals surface area contributed by atoms with Gasteiger partial charge in [-0.3, -0.25) is 4.79 Å². The highest BCUT2D eigenvalue weighted by atomic mass is 35.5. The number of fused-ring (bicyclic) bond motifs is 1. The summed E-state index contributed by atoms with van der Waals surface area (Å²) in [6, 6.07) is 5.50. The van der Waals surface area contributed by atoms with E-state index in [-0.39, 0.29) is 36.6 Å². The Labute approximate surface area is 148 Å². The number of rotatable bonds is 2. The lowest BCUT2D eigenvalue weighted by atomic mass is 9.74. The highest BCUT2D eigenvalue weighted by molar-refractivity contribution is 5.95. The number of benzene rings is 1. The number of halogens is 2. The van der Waals surface area contributed by atoms with Crippen molar-refractivity contribution in [3.8, 4) is 0 Å². The minimum absolute atomic E-state index is 0. The first-order valence-corrected chi connectivity index (χ1v) is 7.43. The molecule has 2 atom stereocenters. The molecule has 1 aliphatic carbocycles. The summed E-state index contributed by atoms with van der Waals surface area (Å²) < 4.78 is 5.43. The Bertz CT molecular complexity index is 685. The van der Waals surface area contributed by atoms with Crippen molar-refractivity contribution < 1.29 is 9.21 Å². The average molecular weight is 360 g/mol. The molecule has 1 amide bonds. The summed E-state index contributed by atoms with van der Waals surface area (Å²) in [5.74, 6) is 0.482. The number of hydrogen-bond acceptors (Lipinski definition) is 4. The number of nitrogens with zero attached hydrogens (tertiary/aromatic N) is 1. The standard InChI is InChI=1S/C16H21N3O2.2ClH/c1-10-18-13-9-11(6-7-14(13)21-10)19-15(20)12-5-3-4-8-16(12,2)17;;/h6-7,9,12H,3-5,8,17H2,1-2H3,(H,19,20);2*1H. The van der Waals surface area contributed by atoms with E-state index in [0.29, 0.717) is 5.89 Å².